The number of nitrogens with one attached hydrogen (secondary N) is 2. The van der Waals surface area contributed by atoms with Gasteiger partial charge in [0.1, 0.15) is 10.8 Å². The van der Waals surface area contributed by atoms with Gasteiger partial charge in [0.25, 0.3) is 0 Å². The van der Waals surface area contributed by atoms with Crippen LogP contribution in [0, 0.1) is 5.82 Å². The summed E-state index contributed by atoms with van der Waals surface area (Å²) in [5.74, 6) is 0.954. The Morgan fingerprint density at radius 2 is 2.06 bits per heavy atom. The molecule has 6 nitrogen and oxygen atoms in total. The van der Waals surface area contributed by atoms with Gasteiger partial charge >= 0.3 is 0 Å². The standard InChI is InChI=1S/C22H32FN5OS.HI/c1-4-24-22(26-14-21-27-19(15-30-21)16(2)3)25-13-20(28-8-10-29-11-9-28)17-6-5-7-18(23)12-17;/h5-7,12,15-16,20H,4,8-11,13-14H2,1-3H3,(H2,24,25,26);1H. The molecule has 2 heterocycles. The van der Waals surface area contributed by atoms with Crippen LogP contribution in [0.1, 0.15) is 49.0 Å². The fraction of sp³-hybridized carbons (Fsp3) is 0.545. The number of halogens is 2. The second-order valence-electron chi connectivity index (χ2n) is 7.62. The third-order valence-corrected chi connectivity index (χ3v) is 5.91. The van der Waals surface area contributed by atoms with Gasteiger partial charge in [0.05, 0.1) is 31.5 Å². The summed E-state index contributed by atoms with van der Waals surface area (Å²) in [6, 6.07) is 6.90. The van der Waals surface area contributed by atoms with E-state index in [1.54, 1.807) is 23.5 Å². The van der Waals surface area contributed by atoms with E-state index in [9.17, 15) is 4.39 Å². The highest BCUT2D eigenvalue weighted by Gasteiger charge is 2.23. The molecule has 1 unspecified atom stereocenters. The molecule has 1 aromatic heterocycles. The molecule has 1 aromatic carbocycles. The van der Waals surface area contributed by atoms with Crippen LogP contribution in [-0.4, -0.2) is 55.2 Å². The zero-order valence-corrected chi connectivity index (χ0v) is 21.6. The third kappa shape index (κ3) is 7.96. The van der Waals surface area contributed by atoms with Crippen LogP contribution >= 0.6 is 35.3 Å². The van der Waals surface area contributed by atoms with E-state index in [0.29, 0.717) is 32.2 Å². The van der Waals surface area contributed by atoms with E-state index >= 15 is 0 Å². The summed E-state index contributed by atoms with van der Waals surface area (Å²) in [4.78, 5) is 11.7. The number of hydrogen-bond acceptors (Lipinski definition) is 5. The van der Waals surface area contributed by atoms with E-state index in [4.69, 9.17) is 9.73 Å². The summed E-state index contributed by atoms with van der Waals surface area (Å²) >= 11 is 1.65. The molecule has 0 spiro atoms. The Balaban J connectivity index is 0.00000341. The van der Waals surface area contributed by atoms with Crippen LogP contribution in [-0.2, 0) is 11.3 Å². The highest BCUT2D eigenvalue weighted by atomic mass is 127. The maximum atomic E-state index is 13.9. The average molecular weight is 562 g/mol. The normalized spacial score (nSPS) is 16.1. The van der Waals surface area contributed by atoms with E-state index in [2.05, 4.69) is 39.7 Å². The van der Waals surface area contributed by atoms with Gasteiger partial charge in [-0.1, -0.05) is 26.0 Å². The first kappa shape index (κ1) is 26.0. The molecule has 0 bridgehead atoms. The van der Waals surface area contributed by atoms with Crippen LogP contribution in [0.25, 0.3) is 0 Å². The summed E-state index contributed by atoms with van der Waals surface area (Å²) in [5.41, 5.74) is 2.07. The zero-order valence-electron chi connectivity index (χ0n) is 18.4. The van der Waals surface area contributed by atoms with Gasteiger partial charge in [-0.3, -0.25) is 4.90 Å². The fourth-order valence-corrected chi connectivity index (χ4v) is 4.28. The number of nitrogens with zero attached hydrogens (tertiary/aromatic N) is 3. The second kappa shape index (κ2) is 13.3. The molecule has 2 N–H and O–H groups in total. The van der Waals surface area contributed by atoms with Crippen molar-refractivity contribution in [3.8, 4) is 0 Å². The highest BCUT2D eigenvalue weighted by molar-refractivity contribution is 14.0. The molecule has 9 heteroatoms. The zero-order chi connectivity index (χ0) is 21.3. The predicted octanol–water partition coefficient (Wildman–Crippen LogP) is 4.15. The molecule has 1 fully saturated rings. The number of benzene rings is 1. The average Bonchev–Trinajstić information content (AvgIpc) is 3.22. The van der Waals surface area contributed by atoms with Crippen LogP contribution in [0.5, 0.6) is 0 Å². The molecule has 0 saturated carbocycles. The number of morpholine rings is 1. The van der Waals surface area contributed by atoms with Crippen LogP contribution in [0.3, 0.4) is 0 Å². The molecule has 1 aliphatic rings. The molecular weight excluding hydrogens is 528 g/mol. The number of aromatic nitrogens is 1. The Kier molecular flexibility index (Phi) is 11.1. The maximum Gasteiger partial charge on any atom is 0.191 e. The van der Waals surface area contributed by atoms with Crippen molar-refractivity contribution in [2.75, 3.05) is 39.4 Å². The van der Waals surface area contributed by atoms with Crippen LogP contribution < -0.4 is 10.6 Å². The van der Waals surface area contributed by atoms with Gasteiger partial charge in [-0.15, -0.1) is 35.3 Å². The molecule has 31 heavy (non-hydrogen) atoms. The molecule has 0 aliphatic carbocycles. The fourth-order valence-electron chi connectivity index (χ4n) is 3.41. The summed E-state index contributed by atoms with van der Waals surface area (Å²) in [7, 11) is 0. The maximum absolute atomic E-state index is 13.9. The minimum Gasteiger partial charge on any atom is -0.379 e. The van der Waals surface area contributed by atoms with E-state index in [0.717, 1.165) is 41.9 Å². The van der Waals surface area contributed by atoms with Crippen molar-refractivity contribution >= 4 is 41.3 Å². The van der Waals surface area contributed by atoms with Gasteiger partial charge in [-0.25, -0.2) is 14.4 Å². The predicted molar refractivity (Wildman–Crippen MR) is 136 cm³/mol. The third-order valence-electron chi connectivity index (χ3n) is 5.06. The molecule has 0 radical (unpaired) electrons. The lowest BCUT2D eigenvalue weighted by Crippen LogP contribution is -2.46. The first-order chi connectivity index (χ1) is 14.6. The summed E-state index contributed by atoms with van der Waals surface area (Å²) in [6.07, 6.45) is 0. The van der Waals surface area contributed by atoms with Crippen molar-refractivity contribution in [2.24, 2.45) is 4.99 Å². The SMILES string of the molecule is CCNC(=NCc1nc(C(C)C)cs1)NCC(c1cccc(F)c1)N1CCOCC1.I. The molecule has 3 rings (SSSR count). The van der Waals surface area contributed by atoms with Gasteiger partial charge in [-0.2, -0.15) is 0 Å². The molecule has 172 valence electrons. The molecule has 2 aromatic rings. The minimum absolute atomic E-state index is 0. The van der Waals surface area contributed by atoms with E-state index < -0.39 is 0 Å². The largest absolute Gasteiger partial charge is 0.379 e. The second-order valence-corrected chi connectivity index (χ2v) is 8.56. The van der Waals surface area contributed by atoms with E-state index in [-0.39, 0.29) is 35.8 Å². The van der Waals surface area contributed by atoms with Gasteiger partial charge in [0.15, 0.2) is 5.96 Å². The van der Waals surface area contributed by atoms with Crippen LogP contribution in [0.4, 0.5) is 4.39 Å². The van der Waals surface area contributed by atoms with Gasteiger partial charge in [0.2, 0.25) is 0 Å². The quantitative estimate of drug-likeness (QED) is 0.288. The van der Waals surface area contributed by atoms with Crippen molar-refractivity contribution in [1.29, 1.82) is 0 Å². The number of hydrogen-bond donors (Lipinski definition) is 2. The van der Waals surface area contributed by atoms with Crippen molar-refractivity contribution in [1.82, 2.24) is 20.5 Å². The minimum atomic E-state index is -0.212. The lowest BCUT2D eigenvalue weighted by atomic mass is 10.0. The van der Waals surface area contributed by atoms with Crippen molar-refractivity contribution in [3.05, 3.63) is 51.7 Å². The molecule has 0 amide bonds. The van der Waals surface area contributed by atoms with Crippen LogP contribution in [0.2, 0.25) is 0 Å². The molecular formula is C22H33FIN5OS. The van der Waals surface area contributed by atoms with Crippen molar-refractivity contribution in [2.45, 2.75) is 39.3 Å². The monoisotopic (exact) mass is 561 g/mol. The topological polar surface area (TPSA) is 61.8 Å². The lowest BCUT2D eigenvalue weighted by molar-refractivity contribution is 0.0169. The van der Waals surface area contributed by atoms with Crippen LogP contribution in [0.15, 0.2) is 34.6 Å². The summed E-state index contributed by atoms with van der Waals surface area (Å²) in [5, 5.41) is 9.86. The number of thiazole rings is 1. The molecule has 1 atom stereocenters. The van der Waals surface area contributed by atoms with Crippen molar-refractivity contribution in [3.63, 3.8) is 0 Å². The number of guanidine groups is 1. The van der Waals surface area contributed by atoms with E-state index in [1.807, 2.05) is 13.0 Å². The lowest BCUT2D eigenvalue weighted by Gasteiger charge is -2.35. The summed E-state index contributed by atoms with van der Waals surface area (Å²) < 4.78 is 19.4. The van der Waals surface area contributed by atoms with Gasteiger partial charge in [0, 0.05) is 31.6 Å². The smallest absolute Gasteiger partial charge is 0.191 e. The Morgan fingerprint density at radius 1 is 1.29 bits per heavy atom. The van der Waals surface area contributed by atoms with Gasteiger partial charge in [-0.05, 0) is 30.5 Å². The molecule has 1 aliphatic heterocycles. The molecule has 1 saturated heterocycles. The Hall–Kier alpha value is -1.30. The number of ether oxygens (including phenoxy) is 1. The first-order valence-corrected chi connectivity index (χ1v) is 11.5. The highest BCUT2D eigenvalue weighted by Crippen LogP contribution is 2.22. The number of aliphatic imine (C=N–C) groups is 1. The van der Waals surface area contributed by atoms with E-state index in [1.165, 1.54) is 6.07 Å². The number of rotatable bonds is 8. The van der Waals surface area contributed by atoms with Crippen molar-refractivity contribution < 1.29 is 9.13 Å². The Labute approximate surface area is 205 Å². The Bertz CT molecular complexity index is 826. The van der Waals surface area contributed by atoms with Gasteiger partial charge < -0.3 is 15.4 Å². The first-order valence-electron chi connectivity index (χ1n) is 10.6. The Morgan fingerprint density at radius 3 is 2.71 bits per heavy atom. The summed E-state index contributed by atoms with van der Waals surface area (Å²) in [6.45, 7) is 11.3.